The lowest BCUT2D eigenvalue weighted by Gasteiger charge is -2.16. The van der Waals surface area contributed by atoms with Crippen molar-refractivity contribution < 1.29 is 14.2 Å². The van der Waals surface area contributed by atoms with Gasteiger partial charge in [-0.3, -0.25) is 0 Å². The minimum Gasteiger partial charge on any atom is -0.494 e. The third-order valence-corrected chi connectivity index (χ3v) is 5.94. The summed E-state index contributed by atoms with van der Waals surface area (Å²) in [5.74, 6) is 0.933. The highest BCUT2D eigenvalue weighted by Gasteiger charge is 2.27. The second-order valence-electron chi connectivity index (χ2n) is 8.27. The van der Waals surface area contributed by atoms with E-state index in [-0.39, 0.29) is 6.04 Å². The molecular weight excluding hydrogens is 508 g/mol. The molecule has 0 aromatic heterocycles. The standard InChI is InChI=1S/C29H35N6O3Si/c1-4-36-26-16-10-7-13-23(26)19-30-33-29(22-39,34-31-20-24-14-8-11-17-27(24)37-5-2)35-32-21-25-15-9-12-18-28(25)38-6-3/h7-18H,4-6,19-22H2,1-3H3. The van der Waals surface area contributed by atoms with Crippen LogP contribution in [0.15, 0.2) is 103 Å². The minimum atomic E-state index is -1.38. The van der Waals surface area contributed by atoms with Gasteiger partial charge in [-0.05, 0) is 39.0 Å². The largest absolute Gasteiger partial charge is 0.494 e. The first-order valence-electron chi connectivity index (χ1n) is 13.1. The zero-order valence-corrected chi connectivity index (χ0v) is 23.8. The molecule has 0 N–H and O–H groups in total. The molecule has 0 saturated heterocycles. The summed E-state index contributed by atoms with van der Waals surface area (Å²) in [6.45, 7) is 8.43. The molecule has 0 aliphatic heterocycles. The van der Waals surface area contributed by atoms with Crippen LogP contribution in [0.25, 0.3) is 0 Å². The fourth-order valence-corrected chi connectivity index (χ4v) is 3.84. The molecule has 10 heteroatoms. The molecule has 0 saturated carbocycles. The van der Waals surface area contributed by atoms with Crippen LogP contribution in [0.4, 0.5) is 0 Å². The van der Waals surface area contributed by atoms with E-state index in [1.807, 2.05) is 93.6 Å². The molecule has 0 unspecified atom stereocenters. The monoisotopic (exact) mass is 543 g/mol. The molecule has 0 aliphatic rings. The molecule has 3 aromatic carbocycles. The highest BCUT2D eigenvalue weighted by molar-refractivity contribution is 6.09. The van der Waals surface area contributed by atoms with Gasteiger partial charge in [0.05, 0.1) is 39.5 Å². The molecule has 0 fully saturated rings. The SMILES string of the molecule is CCOc1ccccc1CN=NC(C[Si])(N=NCc1ccccc1OCC)N=NCc1ccccc1OCC. The Labute approximate surface area is 233 Å². The number of hydrogen-bond donors (Lipinski definition) is 0. The van der Waals surface area contributed by atoms with Crippen LogP contribution in [-0.2, 0) is 19.6 Å². The first kappa shape index (κ1) is 29.6. The summed E-state index contributed by atoms with van der Waals surface area (Å²) in [6.07, 6.45) is 0. The first-order valence-corrected chi connectivity index (χ1v) is 13.8. The minimum absolute atomic E-state index is 0.233. The van der Waals surface area contributed by atoms with E-state index in [0.29, 0.717) is 39.5 Å². The molecule has 0 spiro atoms. The van der Waals surface area contributed by atoms with Crippen molar-refractivity contribution in [2.45, 2.75) is 52.2 Å². The predicted molar refractivity (Wildman–Crippen MR) is 152 cm³/mol. The Morgan fingerprint density at radius 3 is 1.13 bits per heavy atom. The Morgan fingerprint density at radius 1 is 0.538 bits per heavy atom. The number of rotatable bonds is 16. The van der Waals surface area contributed by atoms with Crippen molar-refractivity contribution in [2.75, 3.05) is 19.8 Å². The van der Waals surface area contributed by atoms with E-state index in [9.17, 15) is 0 Å². The van der Waals surface area contributed by atoms with Crippen LogP contribution >= 0.6 is 0 Å². The van der Waals surface area contributed by atoms with Gasteiger partial charge in [-0.25, -0.2) is 0 Å². The maximum Gasteiger partial charge on any atom is 0.295 e. The second-order valence-corrected chi connectivity index (χ2v) is 8.63. The molecule has 0 amide bonds. The lowest BCUT2D eigenvalue weighted by Crippen LogP contribution is -2.19. The van der Waals surface area contributed by atoms with Crippen LogP contribution in [0.5, 0.6) is 17.2 Å². The van der Waals surface area contributed by atoms with Gasteiger partial charge in [0.25, 0.3) is 5.79 Å². The van der Waals surface area contributed by atoms with Gasteiger partial charge in [-0.1, -0.05) is 54.6 Å². The van der Waals surface area contributed by atoms with Gasteiger partial charge < -0.3 is 14.2 Å². The van der Waals surface area contributed by atoms with Crippen LogP contribution < -0.4 is 14.2 Å². The van der Waals surface area contributed by atoms with Gasteiger partial charge in [-0.15, -0.1) is 15.3 Å². The molecule has 0 atom stereocenters. The van der Waals surface area contributed by atoms with E-state index >= 15 is 0 Å². The lowest BCUT2D eigenvalue weighted by atomic mass is 10.2. The topological polar surface area (TPSA) is 102 Å². The van der Waals surface area contributed by atoms with Crippen molar-refractivity contribution in [1.29, 1.82) is 0 Å². The molecule has 3 rings (SSSR count). The van der Waals surface area contributed by atoms with Crippen LogP contribution in [-0.4, -0.2) is 35.8 Å². The predicted octanol–water partition coefficient (Wildman–Crippen LogP) is 7.38. The van der Waals surface area contributed by atoms with Gasteiger partial charge in [0.2, 0.25) is 0 Å². The fraction of sp³-hybridized carbons (Fsp3) is 0.379. The fourth-order valence-electron chi connectivity index (χ4n) is 3.63. The second kappa shape index (κ2) is 16.1. The summed E-state index contributed by atoms with van der Waals surface area (Å²) in [6, 6.07) is 23.4. The maximum absolute atomic E-state index is 5.72. The highest BCUT2D eigenvalue weighted by atomic mass is 28.1. The third-order valence-electron chi connectivity index (χ3n) is 5.47. The molecular formula is C29H35N6O3Si. The number of benzene rings is 3. The molecule has 203 valence electrons. The van der Waals surface area contributed by atoms with Gasteiger partial charge in [0, 0.05) is 33.0 Å². The summed E-state index contributed by atoms with van der Waals surface area (Å²) in [7, 11) is 3.57. The summed E-state index contributed by atoms with van der Waals surface area (Å²) >= 11 is 0. The molecule has 3 aromatic rings. The van der Waals surface area contributed by atoms with E-state index in [1.165, 1.54) is 0 Å². The van der Waals surface area contributed by atoms with Gasteiger partial charge in [0.1, 0.15) is 17.2 Å². The first-order chi connectivity index (χ1) is 19.1. The molecule has 39 heavy (non-hydrogen) atoms. The quantitative estimate of drug-likeness (QED) is 0.139. The Hall–Kier alpha value is -3.92. The summed E-state index contributed by atoms with van der Waals surface area (Å²) in [4.78, 5) is 0. The van der Waals surface area contributed by atoms with Crippen molar-refractivity contribution in [2.24, 2.45) is 30.7 Å². The Kier molecular flexibility index (Phi) is 12.3. The van der Waals surface area contributed by atoms with E-state index in [1.54, 1.807) is 0 Å². The maximum atomic E-state index is 5.72. The van der Waals surface area contributed by atoms with E-state index in [2.05, 4.69) is 40.9 Å². The Bertz CT molecular complexity index is 1100. The molecule has 9 nitrogen and oxygen atoms in total. The number of hydrogen-bond acceptors (Lipinski definition) is 9. The molecule has 3 radical (unpaired) electrons. The van der Waals surface area contributed by atoms with Crippen molar-refractivity contribution in [1.82, 2.24) is 0 Å². The van der Waals surface area contributed by atoms with Crippen LogP contribution in [0, 0.1) is 0 Å². The van der Waals surface area contributed by atoms with Crippen LogP contribution in [0.3, 0.4) is 0 Å². The number of para-hydroxylation sites is 3. The van der Waals surface area contributed by atoms with Gasteiger partial charge >= 0.3 is 0 Å². The number of nitrogens with zero attached hydrogens (tertiary/aromatic N) is 6. The molecule has 0 bridgehead atoms. The number of ether oxygens (including phenoxy) is 3. The Balaban J connectivity index is 1.86. The van der Waals surface area contributed by atoms with Crippen molar-refractivity contribution in [3.05, 3.63) is 89.5 Å². The zero-order chi connectivity index (χ0) is 27.8. The van der Waals surface area contributed by atoms with Gasteiger partial charge in [-0.2, -0.15) is 15.3 Å². The van der Waals surface area contributed by atoms with E-state index in [4.69, 9.17) is 14.2 Å². The molecule has 0 heterocycles. The van der Waals surface area contributed by atoms with Gasteiger partial charge in [0.15, 0.2) is 0 Å². The smallest absolute Gasteiger partial charge is 0.295 e. The van der Waals surface area contributed by atoms with Crippen molar-refractivity contribution in [3.8, 4) is 17.2 Å². The molecule has 0 aliphatic carbocycles. The lowest BCUT2D eigenvalue weighted by molar-refractivity contribution is 0.335. The zero-order valence-electron chi connectivity index (χ0n) is 22.8. The van der Waals surface area contributed by atoms with E-state index < -0.39 is 5.79 Å². The number of azo groups is 3. The van der Waals surface area contributed by atoms with Crippen molar-refractivity contribution in [3.63, 3.8) is 0 Å². The average Bonchev–Trinajstić information content (AvgIpc) is 2.96. The van der Waals surface area contributed by atoms with Crippen LogP contribution in [0.1, 0.15) is 37.5 Å². The van der Waals surface area contributed by atoms with Crippen LogP contribution in [0.2, 0.25) is 6.04 Å². The average molecular weight is 544 g/mol. The highest BCUT2D eigenvalue weighted by Crippen LogP contribution is 2.27. The van der Waals surface area contributed by atoms with Crippen molar-refractivity contribution >= 4 is 10.2 Å². The van der Waals surface area contributed by atoms with E-state index in [0.717, 1.165) is 33.9 Å². The third kappa shape index (κ3) is 9.10. The normalized spacial score (nSPS) is 13.2. The summed E-state index contributed by atoms with van der Waals surface area (Å²) in [5, 5.41) is 26.8. The Morgan fingerprint density at radius 2 is 0.846 bits per heavy atom. The summed E-state index contributed by atoms with van der Waals surface area (Å²) < 4.78 is 17.2. The summed E-state index contributed by atoms with van der Waals surface area (Å²) in [5.41, 5.74) is 2.74.